The number of nitrogens with zero attached hydrogens (tertiary/aromatic N) is 3. The van der Waals surface area contributed by atoms with Gasteiger partial charge >= 0.3 is 0 Å². The number of piperidine rings is 1. The van der Waals surface area contributed by atoms with Gasteiger partial charge in [0.2, 0.25) is 0 Å². The van der Waals surface area contributed by atoms with E-state index in [1.165, 1.54) is 11.1 Å². The molecule has 1 saturated heterocycles. The van der Waals surface area contributed by atoms with Gasteiger partial charge in [-0.2, -0.15) is 5.26 Å². The van der Waals surface area contributed by atoms with Crippen LogP contribution in [0.5, 0.6) is 0 Å². The van der Waals surface area contributed by atoms with Gasteiger partial charge in [0.25, 0.3) is 0 Å². The predicted octanol–water partition coefficient (Wildman–Crippen LogP) is 4.28. The van der Waals surface area contributed by atoms with Gasteiger partial charge < -0.3 is 10.4 Å². The minimum absolute atomic E-state index is 0.0562. The maximum Gasteiger partial charge on any atom is 0.0995 e. The first-order valence-corrected chi connectivity index (χ1v) is 11.0. The number of likely N-dealkylation sites (tertiary alicyclic amines) is 1. The van der Waals surface area contributed by atoms with E-state index in [9.17, 15) is 10.4 Å². The molecule has 3 heterocycles. The van der Waals surface area contributed by atoms with Crippen LogP contribution in [0, 0.1) is 18.3 Å². The smallest absolute Gasteiger partial charge is 0.0995 e. The first-order chi connectivity index (χ1) is 15.1. The van der Waals surface area contributed by atoms with Crippen molar-refractivity contribution in [3.05, 3.63) is 88.4 Å². The number of aromatic nitrogens is 1. The molecular weight excluding hydrogens is 384 g/mol. The number of aryl methyl sites for hydroxylation is 1. The van der Waals surface area contributed by atoms with E-state index in [-0.39, 0.29) is 18.7 Å². The number of pyridine rings is 1. The molecule has 2 aliphatic heterocycles. The van der Waals surface area contributed by atoms with E-state index in [0.717, 1.165) is 36.1 Å². The van der Waals surface area contributed by atoms with Gasteiger partial charge in [-0.3, -0.25) is 9.88 Å². The molecule has 0 amide bonds. The molecule has 5 nitrogen and oxygen atoms in total. The Hall–Kier alpha value is -2.94. The minimum atomic E-state index is -0.0562. The van der Waals surface area contributed by atoms with Crippen LogP contribution in [0.25, 0.3) is 0 Å². The molecule has 0 bridgehead atoms. The van der Waals surface area contributed by atoms with Crippen molar-refractivity contribution in [1.82, 2.24) is 15.2 Å². The van der Waals surface area contributed by atoms with Crippen molar-refractivity contribution >= 4 is 0 Å². The first kappa shape index (κ1) is 21.3. The molecule has 2 aromatic rings. The van der Waals surface area contributed by atoms with Gasteiger partial charge in [-0.05, 0) is 79.8 Å². The number of rotatable bonds is 5. The third-order valence-electron chi connectivity index (χ3n) is 6.61. The van der Waals surface area contributed by atoms with Crippen molar-refractivity contribution < 1.29 is 5.11 Å². The number of dihydropyridines is 1. The van der Waals surface area contributed by atoms with Gasteiger partial charge in [-0.1, -0.05) is 24.3 Å². The van der Waals surface area contributed by atoms with Crippen molar-refractivity contribution in [2.75, 3.05) is 0 Å². The van der Waals surface area contributed by atoms with E-state index < -0.39 is 0 Å². The van der Waals surface area contributed by atoms with E-state index in [0.29, 0.717) is 18.2 Å². The SMILES string of the molecule is CC1=CC=CNC1[C@H]1CCC[C@@H](c2ncccc2C)N1Cc1ccc(CO)cc1C#N. The van der Waals surface area contributed by atoms with Crippen molar-refractivity contribution in [3.8, 4) is 6.07 Å². The van der Waals surface area contributed by atoms with Gasteiger partial charge in [0, 0.05) is 18.8 Å². The van der Waals surface area contributed by atoms with Crippen molar-refractivity contribution in [2.24, 2.45) is 0 Å². The first-order valence-electron chi connectivity index (χ1n) is 11.0. The lowest BCUT2D eigenvalue weighted by molar-refractivity contribution is 0.0571. The Morgan fingerprint density at radius 1 is 1.26 bits per heavy atom. The molecule has 160 valence electrons. The highest BCUT2D eigenvalue weighted by molar-refractivity contribution is 5.41. The van der Waals surface area contributed by atoms with Gasteiger partial charge in [0.15, 0.2) is 0 Å². The molecule has 4 rings (SSSR count). The predicted molar refractivity (Wildman–Crippen MR) is 122 cm³/mol. The molecule has 0 radical (unpaired) electrons. The van der Waals surface area contributed by atoms with Crippen LogP contribution < -0.4 is 5.32 Å². The molecule has 2 aliphatic rings. The Balaban J connectivity index is 1.74. The summed E-state index contributed by atoms with van der Waals surface area (Å²) in [5.41, 5.74) is 6.07. The fraction of sp³-hybridized carbons (Fsp3) is 0.385. The lowest BCUT2D eigenvalue weighted by atomic mass is 9.84. The average molecular weight is 415 g/mol. The van der Waals surface area contributed by atoms with Gasteiger partial charge in [0.05, 0.1) is 36.0 Å². The summed E-state index contributed by atoms with van der Waals surface area (Å²) in [4.78, 5) is 7.32. The molecule has 31 heavy (non-hydrogen) atoms. The summed E-state index contributed by atoms with van der Waals surface area (Å²) in [7, 11) is 0. The molecule has 0 aliphatic carbocycles. The maximum atomic E-state index is 9.76. The summed E-state index contributed by atoms with van der Waals surface area (Å²) in [6.07, 6.45) is 11.4. The normalized spacial score (nSPS) is 23.7. The monoisotopic (exact) mass is 414 g/mol. The van der Waals surface area contributed by atoms with Crippen LogP contribution in [-0.4, -0.2) is 27.1 Å². The number of aliphatic hydroxyl groups excluding tert-OH is 1. The van der Waals surface area contributed by atoms with Gasteiger partial charge in [-0.25, -0.2) is 0 Å². The van der Waals surface area contributed by atoms with Crippen molar-refractivity contribution in [2.45, 2.75) is 64.4 Å². The van der Waals surface area contributed by atoms with Crippen LogP contribution in [0.15, 0.2) is 60.5 Å². The Morgan fingerprint density at radius 2 is 2.13 bits per heavy atom. The zero-order valence-corrected chi connectivity index (χ0v) is 18.3. The summed E-state index contributed by atoms with van der Waals surface area (Å²) in [5.74, 6) is 0. The molecule has 3 atom stereocenters. The van der Waals surface area contributed by atoms with Crippen molar-refractivity contribution in [3.63, 3.8) is 0 Å². The van der Waals surface area contributed by atoms with Gasteiger partial charge in [0.1, 0.15) is 0 Å². The Morgan fingerprint density at radius 3 is 2.87 bits per heavy atom. The van der Waals surface area contributed by atoms with Crippen LogP contribution >= 0.6 is 0 Å². The molecular formula is C26H30N4O. The third kappa shape index (κ3) is 4.41. The molecule has 1 fully saturated rings. The van der Waals surface area contributed by atoms with E-state index in [1.54, 1.807) is 0 Å². The summed E-state index contributed by atoms with van der Waals surface area (Å²) >= 11 is 0. The second kappa shape index (κ2) is 9.47. The number of benzene rings is 1. The lowest BCUT2D eigenvalue weighted by Gasteiger charge is -2.46. The second-order valence-electron chi connectivity index (χ2n) is 8.57. The maximum absolute atomic E-state index is 9.76. The number of hydrogen-bond acceptors (Lipinski definition) is 5. The molecule has 0 spiro atoms. The van der Waals surface area contributed by atoms with Crippen LogP contribution in [0.2, 0.25) is 0 Å². The number of allylic oxidation sites excluding steroid dienone is 2. The standard InChI is InChI=1S/C26H30N4O/c1-18-6-4-12-28-25(18)23-8-3-9-24(26-19(2)7-5-13-29-26)30(23)16-21-11-10-20(17-31)14-22(21)15-27/h4-7,10-14,23-25,28,31H,3,8-9,16-17H2,1-2H3/t23-,24+,25?/m1/s1. The molecule has 0 saturated carbocycles. The van der Waals surface area contributed by atoms with Crippen molar-refractivity contribution in [1.29, 1.82) is 5.26 Å². The van der Waals surface area contributed by atoms with E-state index in [1.807, 2.05) is 36.7 Å². The Labute approximate surface area is 184 Å². The number of hydrogen-bond donors (Lipinski definition) is 2. The highest BCUT2D eigenvalue weighted by Crippen LogP contribution is 2.39. The Bertz CT molecular complexity index is 1040. The highest BCUT2D eigenvalue weighted by atomic mass is 16.3. The largest absolute Gasteiger partial charge is 0.392 e. The number of aliphatic hydroxyl groups is 1. The number of nitriles is 1. The zero-order valence-electron chi connectivity index (χ0n) is 18.3. The molecule has 1 aromatic heterocycles. The van der Waals surface area contributed by atoms with Crippen LogP contribution in [0.4, 0.5) is 0 Å². The molecule has 1 unspecified atom stereocenters. The highest BCUT2D eigenvalue weighted by Gasteiger charge is 2.38. The topological polar surface area (TPSA) is 72.2 Å². The van der Waals surface area contributed by atoms with Crippen LogP contribution in [0.3, 0.4) is 0 Å². The van der Waals surface area contributed by atoms with E-state index >= 15 is 0 Å². The summed E-state index contributed by atoms with van der Waals surface area (Å²) in [5, 5.41) is 22.8. The lowest BCUT2D eigenvalue weighted by Crippen LogP contribution is -2.53. The van der Waals surface area contributed by atoms with Crippen LogP contribution in [0.1, 0.15) is 60.2 Å². The quantitative estimate of drug-likeness (QED) is 0.764. The molecule has 1 aromatic carbocycles. The van der Waals surface area contributed by atoms with E-state index in [2.05, 4.69) is 48.4 Å². The number of nitrogens with one attached hydrogen (secondary N) is 1. The summed E-state index contributed by atoms with van der Waals surface area (Å²) in [6, 6.07) is 12.9. The fourth-order valence-electron chi connectivity index (χ4n) is 4.98. The second-order valence-corrected chi connectivity index (χ2v) is 8.57. The third-order valence-corrected chi connectivity index (χ3v) is 6.61. The molecule has 5 heteroatoms. The fourth-order valence-corrected chi connectivity index (χ4v) is 4.98. The van der Waals surface area contributed by atoms with Crippen LogP contribution in [-0.2, 0) is 13.2 Å². The minimum Gasteiger partial charge on any atom is -0.392 e. The van der Waals surface area contributed by atoms with E-state index in [4.69, 9.17) is 4.98 Å². The van der Waals surface area contributed by atoms with Gasteiger partial charge in [-0.15, -0.1) is 0 Å². The Kier molecular flexibility index (Phi) is 6.50. The average Bonchev–Trinajstić information content (AvgIpc) is 2.80. The summed E-state index contributed by atoms with van der Waals surface area (Å²) in [6.45, 7) is 4.94. The zero-order chi connectivity index (χ0) is 21.8. The molecule has 2 N–H and O–H groups in total. The summed E-state index contributed by atoms with van der Waals surface area (Å²) < 4.78 is 0.